The highest BCUT2D eigenvalue weighted by molar-refractivity contribution is 5.98. The van der Waals surface area contributed by atoms with Crippen molar-refractivity contribution in [3.8, 4) is 17.2 Å². The number of hydrazine groups is 1. The van der Waals surface area contributed by atoms with E-state index < -0.39 is 11.8 Å². The zero-order valence-corrected chi connectivity index (χ0v) is 14.7. The molecule has 0 aromatic heterocycles. The first kappa shape index (κ1) is 18.9. The minimum absolute atomic E-state index is 0.321. The molecule has 2 amide bonds. The fraction of sp³-hybridized carbons (Fsp3) is 0.158. The molecule has 0 unspecified atom stereocenters. The van der Waals surface area contributed by atoms with E-state index in [2.05, 4.69) is 10.9 Å². The van der Waals surface area contributed by atoms with Crippen molar-refractivity contribution < 1.29 is 23.8 Å². The number of nitrogens with one attached hydrogen (secondary N) is 2. The van der Waals surface area contributed by atoms with Gasteiger partial charge in [0.05, 0.1) is 21.3 Å². The monoisotopic (exact) mass is 356 g/mol. The fourth-order valence-electron chi connectivity index (χ4n) is 2.10. The van der Waals surface area contributed by atoms with Gasteiger partial charge in [-0.1, -0.05) is 12.1 Å². The van der Waals surface area contributed by atoms with Crippen LogP contribution in [0.4, 0.5) is 0 Å². The van der Waals surface area contributed by atoms with Crippen LogP contribution in [0.5, 0.6) is 17.2 Å². The summed E-state index contributed by atoms with van der Waals surface area (Å²) in [4.78, 5) is 23.9. The third-order valence-electron chi connectivity index (χ3n) is 3.49. The van der Waals surface area contributed by atoms with Crippen LogP contribution < -0.4 is 25.1 Å². The number of hydrogen-bond donors (Lipinski definition) is 2. The average Bonchev–Trinajstić information content (AvgIpc) is 2.70. The number of ether oxygens (including phenoxy) is 3. The summed E-state index contributed by atoms with van der Waals surface area (Å²) >= 11 is 0. The number of carbonyl (C=O) groups is 2. The van der Waals surface area contributed by atoms with Gasteiger partial charge in [-0.15, -0.1) is 0 Å². The Labute approximate surface area is 151 Å². The third-order valence-corrected chi connectivity index (χ3v) is 3.49. The van der Waals surface area contributed by atoms with Crippen molar-refractivity contribution in [2.24, 2.45) is 0 Å². The van der Waals surface area contributed by atoms with Crippen LogP contribution >= 0.6 is 0 Å². The van der Waals surface area contributed by atoms with E-state index in [9.17, 15) is 9.59 Å². The summed E-state index contributed by atoms with van der Waals surface area (Å²) in [6.45, 7) is 0. The summed E-state index contributed by atoms with van der Waals surface area (Å²) in [6, 6.07) is 11.9. The Balaban J connectivity index is 1.91. The van der Waals surface area contributed by atoms with E-state index >= 15 is 0 Å². The molecule has 2 aromatic rings. The standard InChI is InChI=1S/C19H20N2O5/c1-24-15-8-4-13(5-9-15)6-11-18(22)20-21-19(23)14-7-10-16(25-2)17(12-14)26-3/h4-12H,1-3H3,(H,20,22)(H,21,23). The number of carbonyl (C=O) groups excluding carboxylic acids is 2. The summed E-state index contributed by atoms with van der Waals surface area (Å²) in [6.07, 6.45) is 2.94. The Morgan fingerprint density at radius 2 is 1.54 bits per heavy atom. The highest BCUT2D eigenvalue weighted by Crippen LogP contribution is 2.27. The normalized spacial score (nSPS) is 10.3. The van der Waals surface area contributed by atoms with Gasteiger partial charge in [-0.2, -0.15) is 0 Å². The first-order chi connectivity index (χ1) is 12.6. The molecule has 0 radical (unpaired) electrons. The molecule has 0 aliphatic heterocycles. The van der Waals surface area contributed by atoms with Crippen LogP contribution in [0.15, 0.2) is 48.5 Å². The van der Waals surface area contributed by atoms with Crippen LogP contribution in [0, 0.1) is 0 Å². The maximum absolute atomic E-state index is 12.1. The quantitative estimate of drug-likeness (QED) is 0.612. The van der Waals surface area contributed by atoms with Crippen LogP contribution in [0.1, 0.15) is 15.9 Å². The van der Waals surface area contributed by atoms with Gasteiger partial charge in [0.15, 0.2) is 11.5 Å². The third kappa shape index (κ3) is 5.01. The Hall–Kier alpha value is -3.48. The molecule has 0 saturated heterocycles. The second kappa shape index (κ2) is 9.12. The number of benzene rings is 2. The smallest absolute Gasteiger partial charge is 0.269 e. The summed E-state index contributed by atoms with van der Waals surface area (Å²) in [5.41, 5.74) is 5.80. The van der Waals surface area contributed by atoms with E-state index in [1.54, 1.807) is 37.5 Å². The molecule has 0 fully saturated rings. The SMILES string of the molecule is COc1ccc(C=CC(=O)NNC(=O)c2ccc(OC)c(OC)c2)cc1. The molecular formula is C19H20N2O5. The van der Waals surface area contributed by atoms with E-state index in [1.165, 1.54) is 26.4 Å². The largest absolute Gasteiger partial charge is 0.497 e. The maximum atomic E-state index is 12.1. The molecule has 2 rings (SSSR count). The minimum atomic E-state index is -0.475. The van der Waals surface area contributed by atoms with Crippen LogP contribution in [-0.4, -0.2) is 33.1 Å². The number of rotatable bonds is 6. The van der Waals surface area contributed by atoms with Gasteiger partial charge < -0.3 is 14.2 Å². The zero-order chi connectivity index (χ0) is 18.9. The lowest BCUT2D eigenvalue weighted by Gasteiger charge is -2.10. The van der Waals surface area contributed by atoms with Gasteiger partial charge in [-0.25, -0.2) is 0 Å². The van der Waals surface area contributed by atoms with E-state index in [4.69, 9.17) is 14.2 Å². The van der Waals surface area contributed by atoms with Crippen molar-refractivity contribution in [3.63, 3.8) is 0 Å². The molecule has 0 atom stereocenters. The highest BCUT2D eigenvalue weighted by atomic mass is 16.5. The molecule has 0 spiro atoms. The Kier molecular flexibility index (Phi) is 6.61. The summed E-state index contributed by atoms with van der Waals surface area (Å²) in [5, 5.41) is 0. The topological polar surface area (TPSA) is 85.9 Å². The first-order valence-corrected chi connectivity index (χ1v) is 7.72. The Bertz CT molecular complexity index is 800. The van der Waals surface area contributed by atoms with Crippen LogP contribution in [0.25, 0.3) is 6.08 Å². The van der Waals surface area contributed by atoms with Crippen molar-refractivity contribution in [1.82, 2.24) is 10.9 Å². The number of hydrogen-bond acceptors (Lipinski definition) is 5. The van der Waals surface area contributed by atoms with E-state index in [0.717, 1.165) is 11.3 Å². The molecule has 0 bridgehead atoms. The second-order valence-electron chi connectivity index (χ2n) is 5.12. The minimum Gasteiger partial charge on any atom is -0.497 e. The number of methoxy groups -OCH3 is 3. The summed E-state index contributed by atoms with van der Waals surface area (Å²) in [5.74, 6) is 0.724. The van der Waals surface area contributed by atoms with Gasteiger partial charge in [0.25, 0.3) is 11.8 Å². The van der Waals surface area contributed by atoms with Gasteiger partial charge in [-0.05, 0) is 42.0 Å². The van der Waals surface area contributed by atoms with E-state index in [0.29, 0.717) is 17.1 Å². The van der Waals surface area contributed by atoms with Crippen LogP contribution in [0.2, 0.25) is 0 Å². The maximum Gasteiger partial charge on any atom is 0.269 e. The van der Waals surface area contributed by atoms with E-state index in [1.807, 2.05) is 12.1 Å². The molecule has 0 heterocycles. The van der Waals surface area contributed by atoms with Crippen molar-refractivity contribution in [3.05, 3.63) is 59.7 Å². The number of amides is 2. The summed E-state index contributed by atoms with van der Waals surface area (Å²) < 4.78 is 15.3. The van der Waals surface area contributed by atoms with Crippen molar-refractivity contribution in [1.29, 1.82) is 0 Å². The van der Waals surface area contributed by atoms with Gasteiger partial charge in [0.2, 0.25) is 0 Å². The van der Waals surface area contributed by atoms with Crippen LogP contribution in [-0.2, 0) is 4.79 Å². The molecule has 26 heavy (non-hydrogen) atoms. The van der Waals surface area contributed by atoms with Gasteiger partial charge in [0.1, 0.15) is 5.75 Å². The predicted octanol–water partition coefficient (Wildman–Crippen LogP) is 2.19. The lowest BCUT2D eigenvalue weighted by molar-refractivity contribution is -0.117. The summed E-state index contributed by atoms with van der Waals surface area (Å²) in [7, 11) is 4.57. The first-order valence-electron chi connectivity index (χ1n) is 7.72. The molecule has 0 aliphatic carbocycles. The van der Waals surface area contributed by atoms with E-state index in [-0.39, 0.29) is 0 Å². The fourth-order valence-corrected chi connectivity index (χ4v) is 2.10. The predicted molar refractivity (Wildman–Crippen MR) is 97.2 cm³/mol. The van der Waals surface area contributed by atoms with Crippen molar-refractivity contribution in [2.75, 3.05) is 21.3 Å². The van der Waals surface area contributed by atoms with Crippen molar-refractivity contribution >= 4 is 17.9 Å². The molecule has 0 aliphatic rings. The highest BCUT2D eigenvalue weighted by Gasteiger charge is 2.10. The van der Waals surface area contributed by atoms with Gasteiger partial charge in [-0.3, -0.25) is 20.4 Å². The van der Waals surface area contributed by atoms with Crippen LogP contribution in [0.3, 0.4) is 0 Å². The van der Waals surface area contributed by atoms with Gasteiger partial charge >= 0.3 is 0 Å². The zero-order valence-electron chi connectivity index (χ0n) is 14.7. The molecule has 2 aromatic carbocycles. The molecule has 2 N–H and O–H groups in total. The molecular weight excluding hydrogens is 336 g/mol. The average molecular weight is 356 g/mol. The second-order valence-corrected chi connectivity index (χ2v) is 5.12. The molecule has 7 nitrogen and oxygen atoms in total. The Morgan fingerprint density at radius 3 is 2.15 bits per heavy atom. The molecule has 136 valence electrons. The van der Waals surface area contributed by atoms with Crippen molar-refractivity contribution in [2.45, 2.75) is 0 Å². The Morgan fingerprint density at radius 1 is 0.846 bits per heavy atom. The lowest BCUT2D eigenvalue weighted by Crippen LogP contribution is -2.40. The lowest BCUT2D eigenvalue weighted by atomic mass is 10.2. The molecule has 0 saturated carbocycles. The molecule has 7 heteroatoms. The van der Waals surface area contributed by atoms with Gasteiger partial charge in [0, 0.05) is 11.6 Å².